The van der Waals surface area contributed by atoms with E-state index in [1.165, 1.54) is 0 Å². The lowest BCUT2D eigenvalue weighted by molar-refractivity contribution is -0.141. The van der Waals surface area contributed by atoms with Crippen molar-refractivity contribution >= 4 is 11.9 Å². The molecule has 1 aliphatic heterocycles. The number of esters is 2. The van der Waals surface area contributed by atoms with E-state index in [2.05, 4.69) is 5.32 Å². The zero-order valence-corrected chi connectivity index (χ0v) is 27.2. The Hall–Kier alpha value is -5.89. The Morgan fingerprint density at radius 2 is 1.21 bits per heavy atom. The number of nitrogens with one attached hydrogen (secondary N) is 1. The van der Waals surface area contributed by atoms with Gasteiger partial charge in [-0.05, 0) is 68.3 Å². The molecule has 0 radical (unpaired) electrons. The second-order valence-corrected chi connectivity index (χ2v) is 11.4. The van der Waals surface area contributed by atoms with E-state index in [1.54, 1.807) is 4.68 Å². The van der Waals surface area contributed by atoms with Gasteiger partial charge in [-0.3, -0.25) is 0 Å². The van der Waals surface area contributed by atoms with Crippen molar-refractivity contribution in [2.45, 2.75) is 39.9 Å². The van der Waals surface area contributed by atoms with Crippen molar-refractivity contribution in [1.82, 2.24) is 15.1 Å². The molecule has 0 amide bonds. The van der Waals surface area contributed by atoms with Crippen LogP contribution in [0.5, 0.6) is 5.75 Å². The number of rotatable bonds is 11. The van der Waals surface area contributed by atoms with Crippen LogP contribution < -0.4 is 10.1 Å². The average Bonchev–Trinajstić information content (AvgIpc) is 3.56. The second kappa shape index (κ2) is 14.7. The maximum absolute atomic E-state index is 14.1. The maximum atomic E-state index is 14.1. The van der Waals surface area contributed by atoms with Gasteiger partial charge in [-0.25, -0.2) is 14.3 Å². The van der Waals surface area contributed by atoms with Gasteiger partial charge in [0, 0.05) is 28.7 Å². The number of benzene rings is 4. The van der Waals surface area contributed by atoms with Gasteiger partial charge in [-0.1, -0.05) is 78.9 Å². The van der Waals surface area contributed by atoms with E-state index in [1.807, 2.05) is 142 Å². The van der Waals surface area contributed by atoms with E-state index in [9.17, 15) is 9.59 Å². The van der Waals surface area contributed by atoms with Crippen LogP contribution in [-0.4, -0.2) is 28.3 Å². The van der Waals surface area contributed by atoms with Crippen molar-refractivity contribution in [2.24, 2.45) is 0 Å². The van der Waals surface area contributed by atoms with Crippen LogP contribution in [0.3, 0.4) is 0 Å². The molecule has 0 unspecified atom stereocenters. The number of nitrogens with zero attached hydrogens (tertiary/aromatic N) is 2. The van der Waals surface area contributed by atoms with Crippen molar-refractivity contribution in [3.63, 3.8) is 0 Å². The SMILES string of the molecule is CCOc1ccc(-c2nn(-c3ccccc3)cc2C2C(C(=O)OCc3ccccc3)=C(C)NC(C)=C2C(=O)OCc2ccccc2)cc1. The maximum Gasteiger partial charge on any atom is 0.337 e. The van der Waals surface area contributed by atoms with Crippen molar-refractivity contribution < 1.29 is 23.8 Å². The summed E-state index contributed by atoms with van der Waals surface area (Å²) in [5.41, 5.74) is 6.37. The van der Waals surface area contributed by atoms with Crippen molar-refractivity contribution in [1.29, 1.82) is 0 Å². The third kappa shape index (κ3) is 7.08. The predicted molar refractivity (Wildman–Crippen MR) is 184 cm³/mol. The molecule has 8 heteroatoms. The van der Waals surface area contributed by atoms with Crippen molar-refractivity contribution in [2.75, 3.05) is 6.61 Å². The van der Waals surface area contributed by atoms with Crippen molar-refractivity contribution in [3.05, 3.63) is 161 Å². The number of ether oxygens (including phenoxy) is 3. The highest BCUT2D eigenvalue weighted by Gasteiger charge is 2.40. The summed E-state index contributed by atoms with van der Waals surface area (Å²) < 4.78 is 19.3. The molecule has 1 aromatic heterocycles. The van der Waals surface area contributed by atoms with Crippen LogP contribution in [0.2, 0.25) is 0 Å². The van der Waals surface area contributed by atoms with Crippen LogP contribution in [0.25, 0.3) is 16.9 Å². The van der Waals surface area contributed by atoms with Crippen LogP contribution >= 0.6 is 0 Å². The molecule has 0 spiro atoms. The Morgan fingerprint density at radius 1 is 0.708 bits per heavy atom. The Morgan fingerprint density at radius 3 is 1.71 bits per heavy atom. The average molecular weight is 640 g/mol. The van der Waals surface area contributed by atoms with Gasteiger partial charge < -0.3 is 19.5 Å². The molecule has 0 saturated carbocycles. The van der Waals surface area contributed by atoms with E-state index in [4.69, 9.17) is 19.3 Å². The first-order valence-corrected chi connectivity index (χ1v) is 15.9. The lowest BCUT2D eigenvalue weighted by atomic mass is 9.79. The zero-order chi connectivity index (χ0) is 33.5. The summed E-state index contributed by atoms with van der Waals surface area (Å²) in [6.45, 7) is 6.27. The molecule has 4 aromatic carbocycles. The van der Waals surface area contributed by atoms with Crippen molar-refractivity contribution in [3.8, 4) is 22.7 Å². The standard InChI is InChI=1S/C40H37N3O5/c1-4-46-33-22-20-31(21-23-33)38-34(24-43(42-38)32-18-12-7-13-19-32)37-35(39(44)47-25-29-14-8-5-9-15-29)27(2)41-28(3)36(37)40(45)48-26-30-16-10-6-11-17-30/h5-24,37,41H,4,25-26H2,1-3H3. The molecule has 6 rings (SSSR count). The zero-order valence-electron chi connectivity index (χ0n) is 27.2. The normalized spacial score (nSPS) is 13.2. The highest BCUT2D eigenvalue weighted by Crippen LogP contribution is 2.43. The first-order valence-electron chi connectivity index (χ1n) is 15.9. The molecular formula is C40H37N3O5. The topological polar surface area (TPSA) is 91.7 Å². The molecule has 5 aromatic rings. The van der Waals surface area contributed by atoms with Gasteiger partial charge >= 0.3 is 11.9 Å². The number of aromatic nitrogens is 2. The summed E-state index contributed by atoms with van der Waals surface area (Å²) in [6, 6.07) is 36.3. The minimum atomic E-state index is -0.850. The fourth-order valence-corrected chi connectivity index (χ4v) is 5.86. The summed E-state index contributed by atoms with van der Waals surface area (Å²) in [4.78, 5) is 28.2. The summed E-state index contributed by atoms with van der Waals surface area (Å²) in [7, 11) is 0. The predicted octanol–water partition coefficient (Wildman–Crippen LogP) is 7.66. The number of allylic oxidation sites excluding steroid dienone is 2. The van der Waals surface area contributed by atoms with E-state index in [0.29, 0.717) is 40.4 Å². The van der Waals surface area contributed by atoms with Gasteiger partial charge in [0.1, 0.15) is 19.0 Å². The number of carbonyl (C=O) groups excluding carboxylic acids is 2. The lowest BCUT2D eigenvalue weighted by Crippen LogP contribution is -2.32. The Balaban J connectivity index is 1.48. The fourth-order valence-electron chi connectivity index (χ4n) is 5.86. The summed E-state index contributed by atoms with van der Waals surface area (Å²) >= 11 is 0. The van der Waals surface area contributed by atoms with Crippen LogP contribution in [0.4, 0.5) is 0 Å². The molecule has 8 nitrogen and oxygen atoms in total. The van der Waals surface area contributed by atoms with E-state index in [-0.39, 0.29) is 13.2 Å². The van der Waals surface area contributed by atoms with Gasteiger partial charge in [0.05, 0.1) is 35.1 Å². The monoisotopic (exact) mass is 639 g/mol. The first kappa shape index (κ1) is 32.1. The minimum Gasteiger partial charge on any atom is -0.494 e. The number of hydrogen-bond donors (Lipinski definition) is 1. The molecule has 0 bridgehead atoms. The highest BCUT2D eigenvalue weighted by molar-refractivity contribution is 6.00. The summed E-state index contributed by atoms with van der Waals surface area (Å²) in [6.07, 6.45) is 1.88. The Kier molecular flexibility index (Phi) is 9.81. The van der Waals surface area contributed by atoms with Gasteiger partial charge in [-0.2, -0.15) is 5.10 Å². The molecule has 0 aliphatic carbocycles. The molecule has 2 heterocycles. The largest absolute Gasteiger partial charge is 0.494 e. The smallest absolute Gasteiger partial charge is 0.337 e. The van der Waals surface area contributed by atoms with Crippen LogP contribution in [0.15, 0.2) is 144 Å². The molecule has 242 valence electrons. The van der Waals surface area contributed by atoms with Gasteiger partial charge in [-0.15, -0.1) is 0 Å². The number of hydrogen-bond acceptors (Lipinski definition) is 7. The number of carbonyl (C=O) groups is 2. The Labute approximate surface area is 280 Å². The van der Waals surface area contributed by atoms with Gasteiger partial charge in [0.25, 0.3) is 0 Å². The van der Waals surface area contributed by atoms with E-state index >= 15 is 0 Å². The number of dihydropyridines is 1. The molecule has 0 saturated heterocycles. The first-order chi connectivity index (χ1) is 23.4. The summed E-state index contributed by atoms with van der Waals surface area (Å²) in [5, 5.41) is 8.30. The third-order valence-corrected chi connectivity index (χ3v) is 8.14. The van der Waals surface area contributed by atoms with Gasteiger partial charge in [0.15, 0.2) is 0 Å². The van der Waals surface area contributed by atoms with Crippen LogP contribution in [-0.2, 0) is 32.3 Å². The lowest BCUT2D eigenvalue weighted by Gasteiger charge is -2.30. The van der Waals surface area contributed by atoms with Crippen LogP contribution in [0, 0.1) is 0 Å². The van der Waals surface area contributed by atoms with Crippen LogP contribution in [0.1, 0.15) is 43.4 Å². The van der Waals surface area contributed by atoms with Gasteiger partial charge in [0.2, 0.25) is 0 Å². The third-order valence-electron chi connectivity index (χ3n) is 8.14. The van der Waals surface area contributed by atoms with E-state index in [0.717, 1.165) is 28.1 Å². The number of para-hydroxylation sites is 1. The summed E-state index contributed by atoms with van der Waals surface area (Å²) in [5.74, 6) is -1.20. The second-order valence-electron chi connectivity index (χ2n) is 11.4. The molecule has 1 aliphatic rings. The molecule has 0 fully saturated rings. The molecule has 48 heavy (non-hydrogen) atoms. The van der Waals surface area contributed by atoms with E-state index < -0.39 is 17.9 Å². The molecule has 0 atom stereocenters. The Bertz CT molecular complexity index is 1870. The minimum absolute atomic E-state index is 0.0781. The molecule has 1 N–H and O–H groups in total. The molecular weight excluding hydrogens is 602 g/mol. The quantitative estimate of drug-likeness (QED) is 0.148. The fraction of sp³-hybridized carbons (Fsp3) is 0.175. The highest BCUT2D eigenvalue weighted by atomic mass is 16.5.